The van der Waals surface area contributed by atoms with Crippen LogP contribution < -0.4 is 15.2 Å². The standard InChI is InChI=1S/C16H21NO3/c1-3-12(17)16(15-10-7-11-19-15)20-14-9-6-5-8-13(14)18-4-2/h5-12,16H,3-4,17H2,1-2H3. The third-order valence-electron chi connectivity index (χ3n) is 3.09. The van der Waals surface area contributed by atoms with Crippen molar-refractivity contribution in [1.29, 1.82) is 0 Å². The van der Waals surface area contributed by atoms with E-state index in [0.717, 1.165) is 17.9 Å². The van der Waals surface area contributed by atoms with E-state index in [9.17, 15) is 0 Å². The largest absolute Gasteiger partial charge is 0.490 e. The van der Waals surface area contributed by atoms with Crippen molar-refractivity contribution in [3.05, 3.63) is 48.4 Å². The number of benzene rings is 1. The Morgan fingerprint density at radius 1 is 1.10 bits per heavy atom. The van der Waals surface area contributed by atoms with E-state index in [1.165, 1.54) is 0 Å². The highest BCUT2D eigenvalue weighted by atomic mass is 16.5. The molecule has 0 amide bonds. The number of nitrogens with two attached hydrogens (primary N) is 1. The summed E-state index contributed by atoms with van der Waals surface area (Å²) < 4.78 is 17.1. The molecule has 2 N–H and O–H groups in total. The quantitative estimate of drug-likeness (QED) is 0.839. The van der Waals surface area contributed by atoms with E-state index in [1.54, 1.807) is 6.26 Å². The number of ether oxygens (including phenoxy) is 2. The first kappa shape index (κ1) is 14.5. The van der Waals surface area contributed by atoms with Crippen LogP contribution in [0, 0.1) is 0 Å². The van der Waals surface area contributed by atoms with E-state index in [-0.39, 0.29) is 12.1 Å². The molecule has 0 radical (unpaired) electrons. The molecule has 2 atom stereocenters. The minimum Gasteiger partial charge on any atom is -0.490 e. The number of hydrogen-bond acceptors (Lipinski definition) is 4. The topological polar surface area (TPSA) is 57.6 Å². The lowest BCUT2D eigenvalue weighted by atomic mass is 10.1. The summed E-state index contributed by atoms with van der Waals surface area (Å²) in [6.45, 7) is 4.56. The van der Waals surface area contributed by atoms with Gasteiger partial charge in [0.1, 0.15) is 5.76 Å². The fourth-order valence-corrected chi connectivity index (χ4v) is 1.98. The van der Waals surface area contributed by atoms with Gasteiger partial charge in [-0.2, -0.15) is 0 Å². The summed E-state index contributed by atoms with van der Waals surface area (Å²) in [7, 11) is 0. The number of para-hydroxylation sites is 2. The van der Waals surface area contributed by atoms with Crippen LogP contribution in [-0.2, 0) is 0 Å². The number of hydrogen-bond donors (Lipinski definition) is 1. The molecule has 1 aromatic heterocycles. The van der Waals surface area contributed by atoms with Crippen LogP contribution in [0.5, 0.6) is 11.5 Å². The normalized spacial score (nSPS) is 13.8. The summed E-state index contributed by atoms with van der Waals surface area (Å²) in [4.78, 5) is 0. The molecule has 1 heterocycles. The van der Waals surface area contributed by atoms with Crippen molar-refractivity contribution in [2.24, 2.45) is 5.73 Å². The highest BCUT2D eigenvalue weighted by molar-refractivity contribution is 5.40. The summed E-state index contributed by atoms with van der Waals surface area (Å²) in [5.41, 5.74) is 6.15. The highest BCUT2D eigenvalue weighted by Gasteiger charge is 2.24. The lowest BCUT2D eigenvalue weighted by Gasteiger charge is -2.23. The van der Waals surface area contributed by atoms with E-state index in [2.05, 4.69) is 0 Å². The van der Waals surface area contributed by atoms with Gasteiger partial charge in [-0.3, -0.25) is 0 Å². The van der Waals surface area contributed by atoms with Crippen LogP contribution in [0.25, 0.3) is 0 Å². The van der Waals surface area contributed by atoms with Crippen LogP contribution in [-0.4, -0.2) is 12.6 Å². The number of furan rings is 1. The van der Waals surface area contributed by atoms with Gasteiger partial charge < -0.3 is 19.6 Å². The second-order valence-electron chi connectivity index (χ2n) is 4.51. The van der Waals surface area contributed by atoms with Crippen LogP contribution in [0.1, 0.15) is 32.1 Å². The summed E-state index contributed by atoms with van der Waals surface area (Å²) in [6.07, 6.45) is 2.10. The molecule has 0 saturated heterocycles. The maximum atomic E-state index is 6.15. The average molecular weight is 275 g/mol. The third kappa shape index (κ3) is 3.33. The van der Waals surface area contributed by atoms with Crippen LogP contribution in [0.15, 0.2) is 47.1 Å². The summed E-state index contributed by atoms with van der Waals surface area (Å²) in [5.74, 6) is 2.13. The summed E-state index contributed by atoms with van der Waals surface area (Å²) >= 11 is 0. The predicted octanol–water partition coefficient (Wildman–Crippen LogP) is 3.54. The molecule has 108 valence electrons. The fraction of sp³-hybridized carbons (Fsp3) is 0.375. The maximum absolute atomic E-state index is 6.15. The van der Waals surface area contributed by atoms with Gasteiger partial charge in [-0.15, -0.1) is 0 Å². The van der Waals surface area contributed by atoms with Crippen molar-refractivity contribution in [1.82, 2.24) is 0 Å². The molecule has 0 bridgehead atoms. The summed E-state index contributed by atoms with van der Waals surface area (Å²) in [6, 6.07) is 11.2. The van der Waals surface area contributed by atoms with Crippen molar-refractivity contribution < 1.29 is 13.9 Å². The third-order valence-corrected chi connectivity index (χ3v) is 3.09. The number of rotatable bonds is 7. The van der Waals surface area contributed by atoms with Gasteiger partial charge in [0.2, 0.25) is 0 Å². The van der Waals surface area contributed by atoms with Gasteiger partial charge in [-0.1, -0.05) is 19.1 Å². The smallest absolute Gasteiger partial charge is 0.171 e. The molecule has 4 nitrogen and oxygen atoms in total. The summed E-state index contributed by atoms with van der Waals surface area (Å²) in [5, 5.41) is 0. The fourth-order valence-electron chi connectivity index (χ4n) is 1.98. The Morgan fingerprint density at radius 2 is 1.85 bits per heavy atom. The molecule has 2 aromatic rings. The van der Waals surface area contributed by atoms with E-state index >= 15 is 0 Å². The average Bonchev–Trinajstić information content (AvgIpc) is 3.00. The zero-order valence-electron chi connectivity index (χ0n) is 11.9. The van der Waals surface area contributed by atoms with Crippen molar-refractivity contribution in [2.75, 3.05) is 6.61 Å². The van der Waals surface area contributed by atoms with Gasteiger partial charge in [0.05, 0.1) is 12.9 Å². The molecule has 0 aliphatic heterocycles. The molecular formula is C16H21NO3. The minimum atomic E-state index is -0.323. The zero-order chi connectivity index (χ0) is 14.4. The van der Waals surface area contributed by atoms with Crippen LogP contribution in [0.3, 0.4) is 0 Å². The molecule has 0 fully saturated rings. The lowest BCUT2D eigenvalue weighted by Crippen LogP contribution is -2.31. The Labute approximate surface area is 119 Å². The zero-order valence-corrected chi connectivity index (χ0v) is 11.9. The molecule has 4 heteroatoms. The molecule has 1 aromatic carbocycles. The first-order valence-electron chi connectivity index (χ1n) is 6.93. The van der Waals surface area contributed by atoms with E-state index in [1.807, 2.05) is 50.2 Å². The molecule has 0 aliphatic carbocycles. The minimum absolute atomic E-state index is 0.143. The van der Waals surface area contributed by atoms with E-state index in [4.69, 9.17) is 19.6 Å². The molecule has 2 rings (SSSR count). The first-order chi connectivity index (χ1) is 9.76. The van der Waals surface area contributed by atoms with Crippen molar-refractivity contribution >= 4 is 0 Å². The Morgan fingerprint density at radius 3 is 2.45 bits per heavy atom. The Hall–Kier alpha value is -1.94. The van der Waals surface area contributed by atoms with Gasteiger partial charge in [-0.05, 0) is 37.6 Å². The van der Waals surface area contributed by atoms with Gasteiger partial charge in [0.15, 0.2) is 17.6 Å². The van der Waals surface area contributed by atoms with Crippen LogP contribution >= 0.6 is 0 Å². The molecule has 0 aliphatic rings. The maximum Gasteiger partial charge on any atom is 0.171 e. The molecule has 0 spiro atoms. The molecular weight excluding hydrogens is 254 g/mol. The monoisotopic (exact) mass is 275 g/mol. The Bertz CT molecular complexity index is 510. The van der Waals surface area contributed by atoms with E-state index in [0.29, 0.717) is 12.4 Å². The second kappa shape index (κ2) is 7.01. The van der Waals surface area contributed by atoms with Gasteiger partial charge in [0.25, 0.3) is 0 Å². The van der Waals surface area contributed by atoms with Crippen LogP contribution in [0.2, 0.25) is 0 Å². The van der Waals surface area contributed by atoms with E-state index < -0.39 is 0 Å². The Kier molecular flexibility index (Phi) is 5.07. The molecule has 0 saturated carbocycles. The molecule has 2 unspecified atom stereocenters. The predicted molar refractivity (Wildman–Crippen MR) is 78.0 cm³/mol. The lowest BCUT2D eigenvalue weighted by molar-refractivity contribution is 0.138. The van der Waals surface area contributed by atoms with Crippen molar-refractivity contribution in [3.63, 3.8) is 0 Å². The van der Waals surface area contributed by atoms with Gasteiger partial charge in [-0.25, -0.2) is 0 Å². The Balaban J connectivity index is 2.24. The van der Waals surface area contributed by atoms with Crippen molar-refractivity contribution in [2.45, 2.75) is 32.4 Å². The van der Waals surface area contributed by atoms with Crippen molar-refractivity contribution in [3.8, 4) is 11.5 Å². The second-order valence-corrected chi connectivity index (χ2v) is 4.51. The highest BCUT2D eigenvalue weighted by Crippen LogP contribution is 2.32. The SMILES string of the molecule is CCOc1ccccc1OC(c1ccco1)C(N)CC. The van der Waals surface area contributed by atoms with Gasteiger partial charge >= 0.3 is 0 Å². The van der Waals surface area contributed by atoms with Crippen LogP contribution in [0.4, 0.5) is 0 Å². The molecule has 20 heavy (non-hydrogen) atoms. The first-order valence-corrected chi connectivity index (χ1v) is 6.93. The van der Waals surface area contributed by atoms with Gasteiger partial charge in [0, 0.05) is 6.04 Å².